The molecule has 2 amide bonds. The Hall–Kier alpha value is -3.07. The zero-order chi connectivity index (χ0) is 20.0. The first-order valence-electron chi connectivity index (χ1n) is 7.96. The number of anilines is 1. The van der Waals surface area contributed by atoms with Crippen molar-refractivity contribution in [2.45, 2.75) is 24.8 Å². The molecule has 2 aromatic carbocycles. The summed E-state index contributed by atoms with van der Waals surface area (Å²) in [5.41, 5.74) is 0.392. The Morgan fingerprint density at radius 2 is 1.67 bits per heavy atom. The lowest BCUT2D eigenvalue weighted by Crippen LogP contribution is -2.30. The van der Waals surface area contributed by atoms with Crippen LogP contribution in [0, 0.1) is 0 Å². The molecule has 0 saturated heterocycles. The fraction of sp³-hybridized carbons (Fsp3) is 0.222. The summed E-state index contributed by atoms with van der Waals surface area (Å²) >= 11 is 0. The molecule has 2 N–H and O–H groups in total. The number of ether oxygens (including phenoxy) is 2. The molecular formula is C18H20N2O6S. The van der Waals surface area contributed by atoms with Crippen molar-refractivity contribution < 1.29 is 27.5 Å². The molecule has 0 aliphatic rings. The molecule has 0 aromatic heterocycles. The second kappa shape index (κ2) is 8.54. The third kappa shape index (κ3) is 5.71. The molecular weight excluding hydrogens is 372 g/mol. The van der Waals surface area contributed by atoms with Crippen molar-refractivity contribution >= 4 is 27.5 Å². The van der Waals surface area contributed by atoms with Gasteiger partial charge in [0.25, 0.3) is 15.9 Å². The Bertz CT molecular complexity index is 925. The highest BCUT2D eigenvalue weighted by molar-refractivity contribution is 7.90. The molecule has 0 fully saturated rings. The highest BCUT2D eigenvalue weighted by Gasteiger charge is 2.17. The zero-order valence-corrected chi connectivity index (χ0v) is 15.9. The molecule has 0 heterocycles. The molecule has 0 spiro atoms. The van der Waals surface area contributed by atoms with Crippen LogP contribution < -0.4 is 19.5 Å². The summed E-state index contributed by atoms with van der Waals surface area (Å²) in [6.07, 6.45) is -0.792. The molecule has 144 valence electrons. The molecule has 1 atom stereocenters. The van der Waals surface area contributed by atoms with E-state index in [1.165, 1.54) is 31.4 Å². The van der Waals surface area contributed by atoms with Crippen LogP contribution in [0.3, 0.4) is 0 Å². The topological polar surface area (TPSA) is 111 Å². The predicted molar refractivity (Wildman–Crippen MR) is 99.2 cm³/mol. The molecule has 8 nitrogen and oxygen atoms in total. The van der Waals surface area contributed by atoms with Crippen molar-refractivity contribution in [3.05, 3.63) is 48.5 Å². The van der Waals surface area contributed by atoms with E-state index in [0.29, 0.717) is 17.2 Å². The smallest absolute Gasteiger partial charge is 0.265 e. The maximum absolute atomic E-state index is 12.3. The van der Waals surface area contributed by atoms with Gasteiger partial charge in [-0.1, -0.05) is 6.07 Å². The average Bonchev–Trinajstić information content (AvgIpc) is 2.61. The van der Waals surface area contributed by atoms with Gasteiger partial charge in [0.05, 0.1) is 12.0 Å². The minimum absolute atomic E-state index is 0.0867. The lowest BCUT2D eigenvalue weighted by Gasteiger charge is -2.15. The second-order valence-corrected chi connectivity index (χ2v) is 7.30. The van der Waals surface area contributed by atoms with Gasteiger partial charge in [-0.3, -0.25) is 9.59 Å². The van der Waals surface area contributed by atoms with Crippen molar-refractivity contribution in [1.29, 1.82) is 0 Å². The highest BCUT2D eigenvalue weighted by Crippen LogP contribution is 2.20. The predicted octanol–water partition coefficient (Wildman–Crippen LogP) is 1.93. The number of carbonyl (C=O) groups is 2. The summed E-state index contributed by atoms with van der Waals surface area (Å²) in [6, 6.07) is 12.3. The van der Waals surface area contributed by atoms with E-state index in [-0.39, 0.29) is 4.90 Å². The largest absolute Gasteiger partial charge is 0.497 e. The van der Waals surface area contributed by atoms with E-state index >= 15 is 0 Å². The number of methoxy groups -OCH3 is 1. The Balaban J connectivity index is 2.01. The number of nitrogens with one attached hydrogen (secondary N) is 2. The van der Waals surface area contributed by atoms with Crippen LogP contribution >= 0.6 is 0 Å². The van der Waals surface area contributed by atoms with E-state index in [0.717, 1.165) is 6.92 Å². The summed E-state index contributed by atoms with van der Waals surface area (Å²) in [5.74, 6) is -0.00370. The second-order valence-electron chi connectivity index (χ2n) is 5.61. The van der Waals surface area contributed by atoms with Gasteiger partial charge in [0, 0.05) is 18.7 Å². The van der Waals surface area contributed by atoms with E-state index < -0.39 is 27.9 Å². The Morgan fingerprint density at radius 1 is 1.04 bits per heavy atom. The lowest BCUT2D eigenvalue weighted by atomic mass is 10.3. The molecule has 0 radical (unpaired) electrons. The number of carbonyl (C=O) groups excluding carboxylic acids is 2. The number of sulfonamides is 1. The van der Waals surface area contributed by atoms with Crippen molar-refractivity contribution in [1.82, 2.24) is 4.72 Å². The van der Waals surface area contributed by atoms with Crippen LogP contribution in [0.2, 0.25) is 0 Å². The molecule has 1 unspecified atom stereocenters. The fourth-order valence-electron chi connectivity index (χ4n) is 2.14. The van der Waals surface area contributed by atoms with Gasteiger partial charge < -0.3 is 14.8 Å². The number of hydrogen-bond acceptors (Lipinski definition) is 6. The van der Waals surface area contributed by atoms with Crippen LogP contribution in [0.25, 0.3) is 0 Å². The van der Waals surface area contributed by atoms with E-state index in [2.05, 4.69) is 5.32 Å². The van der Waals surface area contributed by atoms with Gasteiger partial charge in [-0.15, -0.1) is 0 Å². The first-order chi connectivity index (χ1) is 12.7. The van der Waals surface area contributed by atoms with E-state index in [4.69, 9.17) is 9.47 Å². The van der Waals surface area contributed by atoms with Gasteiger partial charge in [-0.2, -0.15) is 0 Å². The third-order valence-corrected chi connectivity index (χ3v) is 4.88. The number of hydrogen-bond donors (Lipinski definition) is 2. The average molecular weight is 392 g/mol. The number of benzene rings is 2. The molecule has 27 heavy (non-hydrogen) atoms. The number of amides is 2. The molecule has 9 heteroatoms. The van der Waals surface area contributed by atoms with Gasteiger partial charge in [0.2, 0.25) is 5.91 Å². The molecule has 2 rings (SSSR count). The first kappa shape index (κ1) is 20.2. The monoisotopic (exact) mass is 392 g/mol. The highest BCUT2D eigenvalue weighted by atomic mass is 32.2. The fourth-order valence-corrected chi connectivity index (χ4v) is 3.13. The summed E-state index contributed by atoms with van der Waals surface area (Å²) < 4.78 is 36.3. The molecule has 0 aliphatic carbocycles. The molecule has 0 bridgehead atoms. The van der Waals surface area contributed by atoms with Gasteiger partial charge in [0.1, 0.15) is 11.5 Å². The molecule has 2 aromatic rings. The van der Waals surface area contributed by atoms with Gasteiger partial charge in [-0.25, -0.2) is 13.1 Å². The normalized spacial score (nSPS) is 12.0. The maximum atomic E-state index is 12.3. The van der Waals surface area contributed by atoms with Gasteiger partial charge in [-0.05, 0) is 43.3 Å². The molecule has 0 aliphatic heterocycles. The summed E-state index contributed by atoms with van der Waals surface area (Å²) in [6.45, 7) is 2.69. The Kier molecular flexibility index (Phi) is 6.40. The van der Waals surface area contributed by atoms with Crippen LogP contribution in [0.4, 0.5) is 5.69 Å². The third-order valence-electron chi connectivity index (χ3n) is 3.43. The first-order valence-corrected chi connectivity index (χ1v) is 9.44. The molecule has 0 saturated carbocycles. The van der Waals surface area contributed by atoms with Crippen LogP contribution in [0.1, 0.15) is 13.8 Å². The van der Waals surface area contributed by atoms with Crippen molar-refractivity contribution in [2.24, 2.45) is 0 Å². The summed E-state index contributed by atoms with van der Waals surface area (Å²) in [4.78, 5) is 23.1. The Labute approximate surface area is 157 Å². The van der Waals surface area contributed by atoms with Crippen molar-refractivity contribution in [3.8, 4) is 11.5 Å². The standard InChI is InChI=1S/C18H20N2O6S/c1-12(26-16-6-4-5-15(11-16)25-3)18(22)19-14-7-9-17(10-8-14)27(23,24)20-13(2)21/h4-12H,1-3H3,(H,19,22)(H,20,21). The SMILES string of the molecule is COc1cccc(OC(C)C(=O)Nc2ccc(S(=O)(=O)NC(C)=O)cc2)c1. The van der Waals surface area contributed by atoms with Crippen molar-refractivity contribution in [3.63, 3.8) is 0 Å². The minimum Gasteiger partial charge on any atom is -0.497 e. The maximum Gasteiger partial charge on any atom is 0.265 e. The minimum atomic E-state index is -3.92. The van der Waals surface area contributed by atoms with Crippen LogP contribution in [0.5, 0.6) is 11.5 Å². The van der Waals surface area contributed by atoms with Gasteiger partial charge in [0.15, 0.2) is 6.10 Å². The quantitative estimate of drug-likeness (QED) is 0.745. The summed E-state index contributed by atoms with van der Waals surface area (Å²) in [7, 11) is -2.38. The number of rotatable bonds is 7. The van der Waals surface area contributed by atoms with E-state index in [9.17, 15) is 18.0 Å². The Morgan fingerprint density at radius 3 is 2.26 bits per heavy atom. The van der Waals surface area contributed by atoms with E-state index in [1.807, 2.05) is 4.72 Å². The van der Waals surface area contributed by atoms with Crippen LogP contribution in [0.15, 0.2) is 53.4 Å². The van der Waals surface area contributed by atoms with Crippen LogP contribution in [-0.4, -0.2) is 33.4 Å². The lowest BCUT2D eigenvalue weighted by molar-refractivity contribution is -0.122. The zero-order valence-electron chi connectivity index (χ0n) is 15.1. The van der Waals surface area contributed by atoms with E-state index in [1.54, 1.807) is 31.2 Å². The van der Waals surface area contributed by atoms with Gasteiger partial charge >= 0.3 is 0 Å². The van der Waals surface area contributed by atoms with Crippen molar-refractivity contribution in [2.75, 3.05) is 12.4 Å². The van der Waals surface area contributed by atoms with Crippen LogP contribution in [-0.2, 0) is 19.6 Å². The summed E-state index contributed by atoms with van der Waals surface area (Å²) in [5, 5.41) is 2.63.